The van der Waals surface area contributed by atoms with Crippen LogP contribution in [0, 0.1) is 0 Å². The van der Waals surface area contributed by atoms with Crippen LogP contribution in [0.1, 0.15) is 12.5 Å². The lowest BCUT2D eigenvalue weighted by Gasteiger charge is -2.23. The number of ether oxygens (including phenoxy) is 1. The van der Waals surface area contributed by atoms with Crippen molar-refractivity contribution in [1.29, 1.82) is 0 Å². The van der Waals surface area contributed by atoms with Gasteiger partial charge in [0, 0.05) is 10.0 Å². The highest BCUT2D eigenvalue weighted by Gasteiger charge is 2.23. The third-order valence-corrected chi connectivity index (χ3v) is 5.27. The highest BCUT2D eigenvalue weighted by atomic mass is 79.9. The number of amides is 1. The van der Waals surface area contributed by atoms with Crippen LogP contribution in [-0.4, -0.2) is 39.9 Å². The van der Waals surface area contributed by atoms with Crippen LogP contribution in [0.4, 0.5) is 5.69 Å². The van der Waals surface area contributed by atoms with Gasteiger partial charge in [-0.2, -0.15) is 5.10 Å². The number of benzene rings is 2. The molecule has 2 rings (SSSR count). The van der Waals surface area contributed by atoms with Gasteiger partial charge in [0.15, 0.2) is 0 Å². The lowest BCUT2D eigenvalue weighted by Crippen LogP contribution is -2.39. The van der Waals surface area contributed by atoms with Gasteiger partial charge < -0.3 is 4.74 Å². The zero-order valence-electron chi connectivity index (χ0n) is 14.9. The molecule has 9 heteroatoms. The van der Waals surface area contributed by atoms with E-state index in [4.69, 9.17) is 4.74 Å². The molecule has 0 bridgehead atoms. The number of para-hydroxylation sites is 2. The zero-order chi connectivity index (χ0) is 19.9. The Labute approximate surface area is 167 Å². The molecule has 2 aromatic carbocycles. The average molecular weight is 454 g/mol. The van der Waals surface area contributed by atoms with Gasteiger partial charge in [-0.3, -0.25) is 9.10 Å². The molecule has 0 radical (unpaired) electrons. The number of rotatable bonds is 8. The standard InChI is InChI=1S/C18H20BrN3O4S/c1-3-26-17-11-7-6-10-16(17)22(27(2,24)25)13-18(23)21-20-12-14-8-4-5-9-15(14)19/h4-12H,3,13H2,1-2H3,(H,21,23)/b20-12-. The van der Waals surface area contributed by atoms with E-state index in [-0.39, 0.29) is 0 Å². The van der Waals surface area contributed by atoms with Gasteiger partial charge in [0.2, 0.25) is 10.0 Å². The van der Waals surface area contributed by atoms with Gasteiger partial charge in [-0.1, -0.05) is 46.3 Å². The fourth-order valence-corrected chi connectivity index (χ4v) is 3.49. The first kappa shape index (κ1) is 20.9. The second-order valence-corrected chi connectivity index (χ2v) is 8.25. The number of sulfonamides is 1. The quantitative estimate of drug-likeness (QED) is 0.491. The molecule has 0 heterocycles. The van der Waals surface area contributed by atoms with Crippen LogP contribution >= 0.6 is 15.9 Å². The van der Waals surface area contributed by atoms with Gasteiger partial charge in [0.1, 0.15) is 12.3 Å². The normalized spacial score (nSPS) is 11.4. The van der Waals surface area contributed by atoms with E-state index in [9.17, 15) is 13.2 Å². The third kappa shape index (κ3) is 6.07. The fraction of sp³-hybridized carbons (Fsp3) is 0.222. The van der Waals surface area contributed by atoms with Gasteiger partial charge in [0.25, 0.3) is 5.91 Å². The molecule has 0 aliphatic carbocycles. The van der Waals surface area contributed by atoms with Gasteiger partial charge in [-0.25, -0.2) is 13.8 Å². The summed E-state index contributed by atoms with van der Waals surface area (Å²) in [5, 5.41) is 3.88. The van der Waals surface area contributed by atoms with Crippen LogP contribution in [0.5, 0.6) is 5.75 Å². The summed E-state index contributed by atoms with van der Waals surface area (Å²) in [6, 6.07) is 14.0. The minimum atomic E-state index is -3.70. The maximum absolute atomic E-state index is 12.2. The number of carbonyl (C=O) groups is 1. The van der Waals surface area contributed by atoms with E-state index in [0.717, 1.165) is 20.6 Å². The van der Waals surface area contributed by atoms with Crippen LogP contribution in [0.3, 0.4) is 0 Å². The van der Waals surface area contributed by atoms with E-state index in [1.807, 2.05) is 24.3 Å². The molecule has 0 saturated heterocycles. The highest BCUT2D eigenvalue weighted by Crippen LogP contribution is 2.29. The fourth-order valence-electron chi connectivity index (χ4n) is 2.24. The van der Waals surface area contributed by atoms with Crippen molar-refractivity contribution in [3.8, 4) is 5.75 Å². The lowest BCUT2D eigenvalue weighted by molar-refractivity contribution is -0.119. The Bertz CT molecular complexity index is 932. The zero-order valence-corrected chi connectivity index (χ0v) is 17.3. The molecular formula is C18H20BrN3O4S. The monoisotopic (exact) mass is 453 g/mol. The maximum Gasteiger partial charge on any atom is 0.260 e. The Balaban J connectivity index is 2.15. The van der Waals surface area contributed by atoms with Gasteiger partial charge in [-0.05, 0) is 25.1 Å². The number of anilines is 1. The van der Waals surface area contributed by atoms with Crippen molar-refractivity contribution in [3.63, 3.8) is 0 Å². The summed E-state index contributed by atoms with van der Waals surface area (Å²) >= 11 is 3.38. The van der Waals surface area contributed by atoms with Crippen LogP contribution in [-0.2, 0) is 14.8 Å². The summed E-state index contributed by atoms with van der Waals surface area (Å²) in [7, 11) is -3.70. The predicted molar refractivity (Wildman–Crippen MR) is 110 cm³/mol. The van der Waals surface area contributed by atoms with Crippen molar-refractivity contribution >= 4 is 43.8 Å². The summed E-state index contributed by atoms with van der Waals surface area (Å²) in [5.41, 5.74) is 3.42. The smallest absolute Gasteiger partial charge is 0.260 e. The van der Waals surface area contributed by atoms with Crippen LogP contribution in [0.25, 0.3) is 0 Å². The predicted octanol–water partition coefficient (Wildman–Crippen LogP) is 2.76. The molecule has 1 N–H and O–H groups in total. The van der Waals surface area contributed by atoms with Crippen molar-refractivity contribution < 1.29 is 17.9 Å². The Morgan fingerprint density at radius 2 is 1.89 bits per heavy atom. The summed E-state index contributed by atoms with van der Waals surface area (Å²) in [4.78, 5) is 12.2. The van der Waals surface area contributed by atoms with Crippen molar-refractivity contribution in [1.82, 2.24) is 5.43 Å². The Hall–Kier alpha value is -2.39. The molecule has 0 aliphatic heterocycles. The molecule has 1 amide bonds. The number of halogens is 1. The van der Waals surface area contributed by atoms with Gasteiger partial charge in [0.05, 0.1) is 24.8 Å². The van der Waals surface area contributed by atoms with E-state index in [1.54, 1.807) is 31.2 Å². The Morgan fingerprint density at radius 3 is 2.56 bits per heavy atom. The highest BCUT2D eigenvalue weighted by molar-refractivity contribution is 9.10. The summed E-state index contributed by atoms with van der Waals surface area (Å²) in [6.07, 6.45) is 2.51. The van der Waals surface area contributed by atoms with Crippen LogP contribution in [0.15, 0.2) is 58.1 Å². The molecule has 0 saturated carbocycles. The van der Waals surface area contributed by atoms with Crippen molar-refractivity contribution in [3.05, 3.63) is 58.6 Å². The number of hydrogen-bond donors (Lipinski definition) is 1. The van der Waals surface area contributed by atoms with E-state index < -0.39 is 22.5 Å². The number of hydrazone groups is 1. The molecule has 27 heavy (non-hydrogen) atoms. The topological polar surface area (TPSA) is 88.1 Å². The Kier molecular flexibility index (Phi) is 7.37. The molecule has 0 atom stereocenters. The summed E-state index contributed by atoms with van der Waals surface area (Å²) in [6.45, 7) is 1.75. The van der Waals surface area contributed by atoms with Crippen LogP contribution in [0.2, 0.25) is 0 Å². The third-order valence-electron chi connectivity index (χ3n) is 3.42. The summed E-state index contributed by atoms with van der Waals surface area (Å²) in [5.74, 6) is -0.190. The SMILES string of the molecule is CCOc1ccccc1N(CC(=O)N/N=C\c1ccccc1Br)S(C)(=O)=O. The number of nitrogens with one attached hydrogen (secondary N) is 1. The molecule has 0 aliphatic rings. The van der Waals surface area contributed by atoms with Crippen LogP contribution < -0.4 is 14.5 Å². The molecular weight excluding hydrogens is 434 g/mol. The molecule has 0 aromatic heterocycles. The number of nitrogens with zero attached hydrogens (tertiary/aromatic N) is 2. The minimum Gasteiger partial charge on any atom is -0.492 e. The number of carbonyl (C=O) groups excluding carboxylic acids is 1. The minimum absolute atomic E-state index is 0.298. The van der Waals surface area contributed by atoms with Crippen molar-refractivity contribution in [2.45, 2.75) is 6.92 Å². The average Bonchev–Trinajstić information content (AvgIpc) is 2.61. The maximum atomic E-state index is 12.2. The summed E-state index contributed by atoms with van der Waals surface area (Å²) < 4.78 is 31.7. The first-order valence-corrected chi connectivity index (χ1v) is 10.7. The largest absolute Gasteiger partial charge is 0.492 e. The molecule has 0 spiro atoms. The van der Waals surface area contributed by atoms with Crippen molar-refractivity contribution in [2.75, 3.05) is 23.7 Å². The Morgan fingerprint density at radius 1 is 1.22 bits per heavy atom. The van der Waals surface area contributed by atoms with E-state index >= 15 is 0 Å². The lowest BCUT2D eigenvalue weighted by atomic mass is 10.2. The van der Waals surface area contributed by atoms with Gasteiger partial charge >= 0.3 is 0 Å². The number of hydrogen-bond acceptors (Lipinski definition) is 5. The van der Waals surface area contributed by atoms with E-state index in [0.29, 0.717) is 18.0 Å². The molecule has 2 aromatic rings. The molecule has 0 unspecified atom stereocenters. The van der Waals surface area contributed by atoms with Crippen molar-refractivity contribution in [2.24, 2.45) is 5.10 Å². The van der Waals surface area contributed by atoms with Gasteiger partial charge in [-0.15, -0.1) is 0 Å². The second-order valence-electron chi connectivity index (χ2n) is 5.49. The molecule has 144 valence electrons. The molecule has 0 fully saturated rings. The van der Waals surface area contributed by atoms with E-state index in [1.165, 1.54) is 6.21 Å². The van der Waals surface area contributed by atoms with E-state index in [2.05, 4.69) is 26.5 Å². The first-order chi connectivity index (χ1) is 12.8. The first-order valence-electron chi connectivity index (χ1n) is 8.09. The molecule has 7 nitrogen and oxygen atoms in total. The second kappa shape index (κ2) is 9.52.